The van der Waals surface area contributed by atoms with E-state index in [1.165, 1.54) is 30.3 Å². The molecule has 2 amide bonds. The van der Waals surface area contributed by atoms with Crippen molar-refractivity contribution >= 4 is 76.8 Å². The normalized spacial score (nSPS) is 22.6. The lowest BCUT2D eigenvalue weighted by Crippen LogP contribution is -2.51. The van der Waals surface area contributed by atoms with Gasteiger partial charge in [0.05, 0.1) is 19.5 Å². The first-order chi connectivity index (χ1) is 31.5. The lowest BCUT2D eigenvalue weighted by Gasteiger charge is -2.24. The largest absolute Gasteiger partial charge is 0.472 e. The molecule has 5 heterocycles. The predicted octanol–water partition coefficient (Wildman–Crippen LogP) is 1.63. The van der Waals surface area contributed by atoms with E-state index in [1.54, 1.807) is 18.2 Å². The van der Waals surface area contributed by atoms with Gasteiger partial charge >= 0.3 is 21.3 Å². The van der Waals surface area contributed by atoms with Gasteiger partial charge in [0.15, 0.2) is 11.5 Å². The second-order valence-electron chi connectivity index (χ2n) is 15.8. The van der Waals surface area contributed by atoms with Crippen LogP contribution in [0.25, 0.3) is 43.5 Å². The van der Waals surface area contributed by atoms with Crippen LogP contribution in [0.3, 0.4) is 0 Å². The molecule has 8 atom stereocenters. The fourth-order valence-electron chi connectivity index (χ4n) is 8.42. The monoisotopic (exact) mass is 949 g/mol. The summed E-state index contributed by atoms with van der Waals surface area (Å²) in [6.45, 7) is -0.713. The van der Waals surface area contributed by atoms with Gasteiger partial charge in [-0.2, -0.15) is 0 Å². The SMILES string of the molecule is Cc1cn([C@H]2C[C@H](OP(=O)(O)O)[C@@H](CNC(=O)[C@H](COP(=O)(O)O[C@H]3C[C@H](n4cnc5c(N)ncnc54)O[C@@H]3CO)NC(=O)c3ccc4ccc5cccc6ccc3c4c56)O2)c(=O)[nH]c1=O. The Bertz CT molecular complexity index is 3210. The van der Waals surface area contributed by atoms with Crippen molar-refractivity contribution in [3.05, 3.63) is 105 Å². The lowest BCUT2D eigenvalue weighted by atomic mass is 9.92. The van der Waals surface area contributed by atoms with Crippen LogP contribution in [0.1, 0.15) is 41.2 Å². The van der Waals surface area contributed by atoms with Crippen LogP contribution in [-0.2, 0) is 37.0 Å². The Morgan fingerprint density at radius 2 is 1.58 bits per heavy atom. The van der Waals surface area contributed by atoms with E-state index in [9.17, 15) is 48.1 Å². The number of nitrogens with two attached hydrogens (primary N) is 1. The number of anilines is 1. The molecule has 0 saturated carbocycles. The minimum atomic E-state index is -5.17. The quantitative estimate of drug-likeness (QED) is 0.0535. The number of nitrogens with zero attached hydrogens (tertiary/aromatic N) is 5. The summed E-state index contributed by atoms with van der Waals surface area (Å²) in [5.41, 5.74) is 5.24. The van der Waals surface area contributed by atoms with Crippen molar-refractivity contribution in [1.29, 1.82) is 0 Å². The highest BCUT2D eigenvalue weighted by molar-refractivity contribution is 7.47. The Morgan fingerprint density at radius 1 is 0.909 bits per heavy atom. The molecule has 0 spiro atoms. The van der Waals surface area contributed by atoms with E-state index in [-0.39, 0.29) is 35.3 Å². The second-order valence-corrected chi connectivity index (χ2v) is 18.4. The zero-order chi connectivity index (χ0) is 46.7. The highest BCUT2D eigenvalue weighted by atomic mass is 31.2. The fourth-order valence-corrected chi connectivity index (χ4v) is 9.95. The summed E-state index contributed by atoms with van der Waals surface area (Å²) >= 11 is 0. The van der Waals surface area contributed by atoms with Gasteiger partial charge in [0, 0.05) is 36.7 Å². The van der Waals surface area contributed by atoms with Gasteiger partial charge in [-0.05, 0) is 45.3 Å². The van der Waals surface area contributed by atoms with E-state index >= 15 is 0 Å². The zero-order valence-electron chi connectivity index (χ0n) is 34.5. The van der Waals surface area contributed by atoms with Crippen molar-refractivity contribution in [2.45, 2.75) is 62.7 Å². The van der Waals surface area contributed by atoms with Gasteiger partial charge in [0.1, 0.15) is 54.8 Å². The maximum Gasteiger partial charge on any atom is 0.472 e. The number of benzene rings is 4. The molecule has 0 aliphatic carbocycles. The predicted molar refractivity (Wildman–Crippen MR) is 232 cm³/mol. The third-order valence-electron chi connectivity index (χ3n) is 11.5. The van der Waals surface area contributed by atoms with Gasteiger partial charge in [-0.1, -0.05) is 48.5 Å². The number of carbonyl (C=O) groups is 2. The number of aliphatic hydroxyl groups is 1. The average Bonchev–Trinajstić information content (AvgIpc) is 4.01. The number of nitrogens with one attached hydrogen (secondary N) is 3. The van der Waals surface area contributed by atoms with E-state index in [0.29, 0.717) is 11.0 Å². The molecule has 3 aromatic heterocycles. The first-order valence-corrected chi connectivity index (χ1v) is 23.3. The van der Waals surface area contributed by atoms with Crippen molar-refractivity contribution in [3.8, 4) is 0 Å². The summed E-state index contributed by atoms with van der Waals surface area (Å²) in [6, 6.07) is 14.9. The molecular weight excluding hydrogens is 908 g/mol. The van der Waals surface area contributed by atoms with E-state index in [0.717, 1.165) is 31.5 Å². The van der Waals surface area contributed by atoms with Crippen LogP contribution in [0.5, 0.6) is 0 Å². The molecule has 24 nitrogen and oxygen atoms in total. The van der Waals surface area contributed by atoms with Crippen molar-refractivity contribution in [1.82, 2.24) is 39.7 Å². The van der Waals surface area contributed by atoms with Crippen LogP contribution >= 0.6 is 15.6 Å². The number of fused-ring (bicyclic) bond motifs is 1. The standard InChI is InChI=1S/C40H41N9O15P2/c1-19-14-48(40(54)47-37(19)51)30-11-26(63-65(55,56)57)28(61-30)13-42-39(53)25(46-38(52)24-10-8-22-6-5-20-3-2-4-21-7-9-23(24)33(22)32(20)21)16-60-66(58,59)64-27-12-31(62-29(27)15-50)49-18-45-34-35(41)43-17-44-36(34)49/h2-10,14,17-18,25-31,50H,11-13,15-16H2,1H3,(H,42,53)(H,46,52)(H,58,59)(H2,41,43,44)(H,47,51,54)(H2,55,56,57)/t25-,26-,27-,28+,29+,30+,31+/m0/s1. The maximum absolute atomic E-state index is 14.2. The summed E-state index contributed by atoms with van der Waals surface area (Å²) in [5, 5.41) is 20.2. The Labute approximate surface area is 370 Å². The molecule has 0 bridgehead atoms. The fraction of sp³-hybridized carbons (Fsp3) is 0.325. The Morgan fingerprint density at radius 3 is 2.30 bits per heavy atom. The molecular formula is C40H41N9O15P2. The van der Waals surface area contributed by atoms with E-state index in [2.05, 4.69) is 30.6 Å². The maximum atomic E-state index is 14.2. The van der Waals surface area contributed by atoms with E-state index < -0.39 is 101 Å². The van der Waals surface area contributed by atoms with Crippen LogP contribution in [0.4, 0.5) is 5.82 Å². The van der Waals surface area contributed by atoms with Crippen LogP contribution in [0.15, 0.2) is 83.0 Å². The molecule has 7 aromatic rings. The molecule has 2 aliphatic rings. The number of amides is 2. The van der Waals surface area contributed by atoms with Gasteiger partial charge in [-0.15, -0.1) is 0 Å². The van der Waals surface area contributed by atoms with E-state index in [1.807, 2.05) is 36.4 Å². The smallest absolute Gasteiger partial charge is 0.394 e. The van der Waals surface area contributed by atoms with Crippen LogP contribution < -0.4 is 27.6 Å². The number of imidazole rings is 1. The third kappa shape index (κ3) is 8.96. The number of phosphoric ester groups is 2. The summed E-state index contributed by atoms with van der Waals surface area (Å²) in [5.74, 6) is -1.68. The van der Waals surface area contributed by atoms with E-state index in [4.69, 9.17) is 28.8 Å². The molecule has 2 saturated heterocycles. The number of aromatic nitrogens is 6. The first-order valence-electron chi connectivity index (χ1n) is 20.3. The van der Waals surface area contributed by atoms with Gasteiger partial charge in [-0.3, -0.25) is 42.1 Å². The molecule has 2 fully saturated rings. The van der Waals surface area contributed by atoms with Crippen LogP contribution in [0, 0.1) is 6.92 Å². The summed E-state index contributed by atoms with van der Waals surface area (Å²) in [4.78, 5) is 97.9. The number of aliphatic hydroxyl groups excluding tert-OH is 1. The number of aryl methyl sites for hydroxylation is 1. The number of hydrogen-bond acceptors (Lipinski definition) is 16. The summed E-state index contributed by atoms with van der Waals surface area (Å²) in [6.07, 6.45) is -3.84. The molecule has 9 rings (SSSR count). The molecule has 346 valence electrons. The topological polar surface area (TPSA) is 344 Å². The Kier molecular flexibility index (Phi) is 12.1. The van der Waals surface area contributed by atoms with Gasteiger partial charge in [0.2, 0.25) is 5.91 Å². The first kappa shape index (κ1) is 45.2. The number of aromatic amines is 1. The number of hydrogen-bond donors (Lipinski definition) is 8. The number of ether oxygens (including phenoxy) is 2. The zero-order valence-corrected chi connectivity index (χ0v) is 36.3. The number of rotatable bonds is 15. The van der Waals surface area contributed by atoms with Gasteiger partial charge < -0.3 is 45.6 Å². The van der Waals surface area contributed by atoms with Crippen molar-refractivity contribution in [2.24, 2.45) is 0 Å². The number of H-pyrrole nitrogens is 1. The molecule has 2 aliphatic heterocycles. The molecule has 66 heavy (non-hydrogen) atoms. The minimum absolute atomic E-state index is 0.102. The number of phosphoric acid groups is 2. The summed E-state index contributed by atoms with van der Waals surface area (Å²) in [7, 11) is -10.3. The Hall–Kier alpha value is -6.01. The number of carbonyl (C=O) groups excluding carboxylic acids is 2. The lowest BCUT2D eigenvalue weighted by molar-refractivity contribution is -0.124. The highest BCUT2D eigenvalue weighted by Gasteiger charge is 2.44. The molecule has 0 radical (unpaired) electrons. The second kappa shape index (κ2) is 17.7. The van der Waals surface area contributed by atoms with Crippen molar-refractivity contribution < 1.29 is 61.6 Å². The van der Waals surface area contributed by atoms with Crippen LogP contribution in [-0.4, -0.2) is 111 Å². The van der Waals surface area contributed by atoms with Crippen molar-refractivity contribution in [2.75, 3.05) is 25.5 Å². The average molecular weight is 950 g/mol. The molecule has 26 heteroatoms. The van der Waals surface area contributed by atoms with Gasteiger partial charge in [0.25, 0.3) is 11.5 Å². The third-order valence-corrected chi connectivity index (χ3v) is 13.1. The highest BCUT2D eigenvalue weighted by Crippen LogP contribution is 2.49. The molecule has 4 aromatic carbocycles. The van der Waals surface area contributed by atoms with Crippen LogP contribution in [0.2, 0.25) is 0 Å². The van der Waals surface area contributed by atoms with Crippen molar-refractivity contribution in [3.63, 3.8) is 0 Å². The Balaban J connectivity index is 0.962. The number of nitrogen functional groups attached to an aromatic ring is 1. The molecule has 1 unspecified atom stereocenters. The minimum Gasteiger partial charge on any atom is -0.394 e. The molecule has 9 N–H and O–H groups in total. The summed E-state index contributed by atoms with van der Waals surface area (Å²) < 4.78 is 55.8. The van der Waals surface area contributed by atoms with Gasteiger partial charge in [-0.25, -0.2) is 28.9 Å².